The molecule has 0 aromatic carbocycles. The maximum absolute atomic E-state index is 11.9. The molecule has 94 valence electrons. The first kappa shape index (κ1) is 13.7. The van der Waals surface area contributed by atoms with E-state index >= 15 is 0 Å². The van der Waals surface area contributed by atoms with E-state index in [4.69, 9.17) is 22.4 Å². The number of amides is 1. The molecule has 0 saturated heterocycles. The van der Waals surface area contributed by atoms with Crippen molar-refractivity contribution in [1.82, 2.24) is 5.32 Å². The van der Waals surface area contributed by atoms with Crippen LogP contribution in [0.15, 0.2) is 16.5 Å². The molecular formula is C12H18N2O2S. The van der Waals surface area contributed by atoms with E-state index in [1.54, 1.807) is 0 Å². The van der Waals surface area contributed by atoms with Gasteiger partial charge in [-0.05, 0) is 32.4 Å². The number of aryl methyl sites for hydroxylation is 1. The average Bonchev–Trinajstić information content (AvgIpc) is 2.65. The van der Waals surface area contributed by atoms with E-state index in [0.29, 0.717) is 6.42 Å². The average molecular weight is 254 g/mol. The predicted molar refractivity (Wildman–Crippen MR) is 70.6 cm³/mol. The molecule has 1 aromatic heterocycles. The molecule has 1 heterocycles. The van der Waals surface area contributed by atoms with Crippen LogP contribution >= 0.6 is 12.2 Å². The van der Waals surface area contributed by atoms with Gasteiger partial charge in [-0.1, -0.05) is 19.1 Å². The summed E-state index contributed by atoms with van der Waals surface area (Å²) in [5, 5.41) is 2.84. The van der Waals surface area contributed by atoms with Crippen LogP contribution in [-0.2, 0) is 4.79 Å². The van der Waals surface area contributed by atoms with Crippen molar-refractivity contribution in [1.29, 1.82) is 0 Å². The fourth-order valence-electron chi connectivity index (χ4n) is 1.59. The zero-order valence-electron chi connectivity index (χ0n) is 10.3. The lowest BCUT2D eigenvalue weighted by Crippen LogP contribution is -2.38. The Morgan fingerprint density at radius 1 is 1.59 bits per heavy atom. The van der Waals surface area contributed by atoms with Gasteiger partial charge in [0.15, 0.2) is 0 Å². The first-order valence-electron chi connectivity index (χ1n) is 5.61. The number of hydrogen-bond donors (Lipinski definition) is 2. The van der Waals surface area contributed by atoms with Crippen LogP contribution in [-0.4, -0.2) is 10.9 Å². The molecule has 0 radical (unpaired) electrons. The third kappa shape index (κ3) is 3.56. The molecule has 0 aliphatic heterocycles. The van der Waals surface area contributed by atoms with Gasteiger partial charge in [0.1, 0.15) is 11.5 Å². The van der Waals surface area contributed by atoms with E-state index < -0.39 is 5.92 Å². The summed E-state index contributed by atoms with van der Waals surface area (Å²) >= 11 is 4.86. The van der Waals surface area contributed by atoms with Gasteiger partial charge in [-0.3, -0.25) is 4.79 Å². The molecule has 0 saturated carbocycles. The number of rotatable bonds is 5. The van der Waals surface area contributed by atoms with E-state index in [2.05, 4.69) is 5.32 Å². The molecule has 5 heteroatoms. The number of nitrogens with two attached hydrogens (primary N) is 1. The van der Waals surface area contributed by atoms with Gasteiger partial charge in [-0.15, -0.1) is 0 Å². The minimum Gasteiger partial charge on any atom is -0.464 e. The summed E-state index contributed by atoms with van der Waals surface area (Å²) in [6.45, 7) is 5.61. The number of carbonyl (C=O) groups excluding carboxylic acids is 1. The van der Waals surface area contributed by atoms with Crippen molar-refractivity contribution >= 4 is 23.1 Å². The molecule has 0 aliphatic carbocycles. The third-order valence-electron chi connectivity index (χ3n) is 2.61. The molecule has 4 nitrogen and oxygen atoms in total. The highest BCUT2D eigenvalue weighted by molar-refractivity contribution is 7.80. The van der Waals surface area contributed by atoms with Gasteiger partial charge in [0.05, 0.1) is 16.9 Å². The number of thiocarbonyl (C=S) groups is 1. The van der Waals surface area contributed by atoms with Crippen LogP contribution in [0, 0.1) is 12.8 Å². The highest BCUT2D eigenvalue weighted by Gasteiger charge is 2.22. The molecule has 0 bridgehead atoms. The number of nitrogens with one attached hydrogen (secondary N) is 1. The van der Waals surface area contributed by atoms with Crippen LogP contribution in [0.4, 0.5) is 0 Å². The fourth-order valence-corrected chi connectivity index (χ4v) is 1.86. The Labute approximate surface area is 107 Å². The van der Waals surface area contributed by atoms with Crippen molar-refractivity contribution in [2.45, 2.75) is 33.2 Å². The standard InChI is InChI=1S/C12H18N2O2S/c1-4-9(11(13)17)12(15)14-8(3)10-6-5-7(2)16-10/h5-6,8-9H,4H2,1-3H3,(H2,13,17)(H,14,15). The van der Waals surface area contributed by atoms with E-state index in [1.165, 1.54) is 0 Å². The van der Waals surface area contributed by atoms with Crippen molar-refractivity contribution in [3.05, 3.63) is 23.7 Å². The van der Waals surface area contributed by atoms with Gasteiger partial charge in [0.25, 0.3) is 0 Å². The Morgan fingerprint density at radius 2 is 2.24 bits per heavy atom. The van der Waals surface area contributed by atoms with Gasteiger partial charge in [0.2, 0.25) is 5.91 Å². The first-order chi connectivity index (χ1) is 7.95. The number of furan rings is 1. The quantitative estimate of drug-likeness (QED) is 0.789. The van der Waals surface area contributed by atoms with Crippen LogP contribution in [0.5, 0.6) is 0 Å². The molecule has 0 aliphatic rings. The van der Waals surface area contributed by atoms with Crippen molar-refractivity contribution in [3.63, 3.8) is 0 Å². The Hall–Kier alpha value is -1.36. The first-order valence-corrected chi connectivity index (χ1v) is 6.02. The van der Waals surface area contributed by atoms with Crippen LogP contribution in [0.2, 0.25) is 0 Å². The van der Waals surface area contributed by atoms with Crippen LogP contribution in [0.1, 0.15) is 37.8 Å². The molecule has 0 fully saturated rings. The molecular weight excluding hydrogens is 236 g/mol. The molecule has 0 spiro atoms. The van der Waals surface area contributed by atoms with Gasteiger partial charge in [0, 0.05) is 0 Å². The minimum absolute atomic E-state index is 0.151. The SMILES string of the molecule is CCC(C(=O)NC(C)c1ccc(C)o1)C(N)=S. The summed E-state index contributed by atoms with van der Waals surface area (Å²) < 4.78 is 5.44. The van der Waals surface area contributed by atoms with E-state index in [-0.39, 0.29) is 16.9 Å². The van der Waals surface area contributed by atoms with Crippen molar-refractivity contribution < 1.29 is 9.21 Å². The Morgan fingerprint density at radius 3 is 2.65 bits per heavy atom. The van der Waals surface area contributed by atoms with E-state index in [1.807, 2.05) is 32.9 Å². The van der Waals surface area contributed by atoms with Crippen LogP contribution in [0.25, 0.3) is 0 Å². The van der Waals surface area contributed by atoms with Gasteiger partial charge in [-0.25, -0.2) is 0 Å². The highest BCUT2D eigenvalue weighted by Crippen LogP contribution is 2.16. The Kier molecular flexibility index (Phi) is 4.69. The molecule has 2 unspecified atom stereocenters. The lowest BCUT2D eigenvalue weighted by atomic mass is 10.1. The summed E-state index contributed by atoms with van der Waals surface area (Å²) in [5.74, 6) is 0.987. The second-order valence-corrected chi connectivity index (χ2v) is 4.51. The van der Waals surface area contributed by atoms with Crippen molar-refractivity contribution in [2.75, 3.05) is 0 Å². The summed E-state index contributed by atoms with van der Waals surface area (Å²) in [7, 11) is 0. The molecule has 17 heavy (non-hydrogen) atoms. The van der Waals surface area contributed by atoms with Crippen molar-refractivity contribution in [3.8, 4) is 0 Å². The smallest absolute Gasteiger partial charge is 0.230 e. The zero-order chi connectivity index (χ0) is 13.0. The highest BCUT2D eigenvalue weighted by atomic mass is 32.1. The van der Waals surface area contributed by atoms with Gasteiger partial charge in [-0.2, -0.15) is 0 Å². The van der Waals surface area contributed by atoms with Crippen LogP contribution in [0.3, 0.4) is 0 Å². The summed E-state index contributed by atoms with van der Waals surface area (Å²) in [5.41, 5.74) is 5.51. The summed E-state index contributed by atoms with van der Waals surface area (Å²) in [4.78, 5) is 12.1. The lowest BCUT2D eigenvalue weighted by Gasteiger charge is -2.17. The molecule has 3 N–H and O–H groups in total. The summed E-state index contributed by atoms with van der Waals surface area (Å²) in [6, 6.07) is 3.53. The zero-order valence-corrected chi connectivity index (χ0v) is 11.1. The molecule has 1 amide bonds. The van der Waals surface area contributed by atoms with E-state index in [0.717, 1.165) is 11.5 Å². The van der Waals surface area contributed by atoms with E-state index in [9.17, 15) is 4.79 Å². The van der Waals surface area contributed by atoms with Gasteiger partial charge >= 0.3 is 0 Å². The lowest BCUT2D eigenvalue weighted by molar-refractivity contribution is -0.123. The fraction of sp³-hybridized carbons (Fsp3) is 0.500. The topological polar surface area (TPSA) is 68.3 Å². The third-order valence-corrected chi connectivity index (χ3v) is 2.90. The molecule has 2 atom stereocenters. The van der Waals surface area contributed by atoms with Gasteiger partial charge < -0.3 is 15.5 Å². The largest absolute Gasteiger partial charge is 0.464 e. The molecule has 1 rings (SSSR count). The van der Waals surface area contributed by atoms with Crippen molar-refractivity contribution in [2.24, 2.45) is 11.7 Å². The molecule has 1 aromatic rings. The minimum atomic E-state index is -0.413. The Bertz CT molecular complexity index is 414. The predicted octanol–water partition coefficient (Wildman–Crippen LogP) is 2.08. The summed E-state index contributed by atoms with van der Waals surface area (Å²) in [6.07, 6.45) is 0.602. The second-order valence-electron chi connectivity index (χ2n) is 4.04. The number of hydrogen-bond acceptors (Lipinski definition) is 3. The maximum Gasteiger partial charge on any atom is 0.230 e. The monoisotopic (exact) mass is 254 g/mol. The second kappa shape index (κ2) is 5.82. The Balaban J connectivity index is 2.65. The normalized spacial score (nSPS) is 14.1. The maximum atomic E-state index is 11.9. The van der Waals surface area contributed by atoms with Crippen LogP contribution < -0.4 is 11.1 Å². The number of carbonyl (C=O) groups is 1.